The molecule has 0 saturated carbocycles. The van der Waals surface area contributed by atoms with Crippen molar-refractivity contribution in [3.63, 3.8) is 0 Å². The predicted octanol–water partition coefficient (Wildman–Crippen LogP) is 2.86. The molecule has 146 valence electrons. The summed E-state index contributed by atoms with van der Waals surface area (Å²) < 4.78 is 41.5. The van der Waals surface area contributed by atoms with E-state index in [4.69, 9.17) is 0 Å². The van der Waals surface area contributed by atoms with Gasteiger partial charge in [-0.25, -0.2) is 22.7 Å². The largest absolute Gasteiger partial charge is 0.348 e. The Kier molecular flexibility index (Phi) is 4.89. The van der Waals surface area contributed by atoms with E-state index in [-0.39, 0.29) is 37.1 Å². The van der Waals surface area contributed by atoms with Gasteiger partial charge in [0.1, 0.15) is 24.5 Å². The molecule has 4 rings (SSSR count). The maximum absolute atomic E-state index is 14.2. The molecule has 2 atom stereocenters. The first kappa shape index (κ1) is 18.3. The number of nitrogens with zero attached hydrogens (tertiary/aromatic N) is 4. The summed E-state index contributed by atoms with van der Waals surface area (Å²) in [6.45, 7) is -0.678. The molecule has 1 saturated heterocycles. The molecule has 3 heterocycles. The quantitative estimate of drug-likeness (QED) is 0.729. The number of benzene rings is 1. The van der Waals surface area contributed by atoms with Gasteiger partial charge in [-0.15, -0.1) is 5.10 Å². The van der Waals surface area contributed by atoms with Crippen molar-refractivity contribution in [3.8, 4) is 0 Å². The molecule has 28 heavy (non-hydrogen) atoms. The van der Waals surface area contributed by atoms with Crippen LogP contribution in [0.4, 0.5) is 19.0 Å². The summed E-state index contributed by atoms with van der Waals surface area (Å²) in [7, 11) is 0. The molecule has 0 aliphatic carbocycles. The molecule has 0 spiro atoms. The maximum atomic E-state index is 14.2. The molecule has 6 nitrogen and oxygen atoms in total. The molecule has 1 aliphatic heterocycles. The van der Waals surface area contributed by atoms with E-state index in [1.54, 1.807) is 29.2 Å². The van der Waals surface area contributed by atoms with Crippen LogP contribution < -0.4 is 10.2 Å². The van der Waals surface area contributed by atoms with E-state index >= 15 is 0 Å². The predicted molar refractivity (Wildman–Crippen MR) is 97.3 cm³/mol. The number of anilines is 1. The third-order valence-electron chi connectivity index (χ3n) is 4.74. The van der Waals surface area contributed by atoms with Gasteiger partial charge >= 0.3 is 0 Å². The lowest BCUT2D eigenvalue weighted by atomic mass is 10.0. The van der Waals surface area contributed by atoms with Crippen LogP contribution in [0.15, 0.2) is 42.6 Å². The first-order valence-corrected chi connectivity index (χ1v) is 8.92. The molecule has 1 fully saturated rings. The van der Waals surface area contributed by atoms with Crippen LogP contribution in [0, 0.1) is 5.82 Å². The van der Waals surface area contributed by atoms with Gasteiger partial charge in [0.2, 0.25) is 0 Å². The van der Waals surface area contributed by atoms with Gasteiger partial charge in [-0.05, 0) is 29.8 Å². The highest BCUT2D eigenvalue weighted by Crippen LogP contribution is 2.36. The summed E-state index contributed by atoms with van der Waals surface area (Å²) in [4.78, 5) is 18.1. The van der Waals surface area contributed by atoms with Crippen LogP contribution in [0.5, 0.6) is 0 Å². The molecule has 0 unspecified atom stereocenters. The van der Waals surface area contributed by atoms with Crippen molar-refractivity contribution in [1.29, 1.82) is 0 Å². The van der Waals surface area contributed by atoms with E-state index in [1.807, 2.05) is 0 Å². The fraction of sp³-hybridized carbons (Fsp3) is 0.316. The van der Waals surface area contributed by atoms with Crippen molar-refractivity contribution < 1.29 is 18.0 Å². The number of halogens is 3. The van der Waals surface area contributed by atoms with Crippen molar-refractivity contribution in [2.45, 2.75) is 18.6 Å². The third-order valence-corrected chi connectivity index (χ3v) is 4.74. The van der Waals surface area contributed by atoms with E-state index in [9.17, 15) is 18.0 Å². The molecule has 2 aromatic heterocycles. The van der Waals surface area contributed by atoms with E-state index < -0.39 is 18.8 Å². The second-order valence-electron chi connectivity index (χ2n) is 6.61. The van der Waals surface area contributed by atoms with Gasteiger partial charge in [-0.1, -0.05) is 12.1 Å². The minimum atomic E-state index is -1.08. The number of hydrogen-bond donors (Lipinski definition) is 1. The number of carbonyl (C=O) groups excluding carboxylic acids is 1. The smallest absolute Gasteiger partial charge is 0.271 e. The Hall–Kier alpha value is -3.10. The van der Waals surface area contributed by atoms with Crippen molar-refractivity contribution in [2.75, 3.05) is 24.7 Å². The Morgan fingerprint density at radius 1 is 1.29 bits per heavy atom. The van der Waals surface area contributed by atoms with Crippen molar-refractivity contribution in [3.05, 3.63) is 59.7 Å². The highest BCUT2D eigenvalue weighted by molar-refractivity contribution is 5.93. The minimum absolute atomic E-state index is 0.108. The fourth-order valence-electron chi connectivity index (χ4n) is 3.49. The number of fused-ring (bicyclic) bond motifs is 1. The van der Waals surface area contributed by atoms with Crippen molar-refractivity contribution >= 4 is 17.4 Å². The number of carbonyl (C=O) groups is 1. The zero-order valence-corrected chi connectivity index (χ0v) is 14.9. The lowest BCUT2D eigenvalue weighted by Crippen LogP contribution is -2.28. The lowest BCUT2D eigenvalue weighted by Gasteiger charge is -2.25. The first-order valence-electron chi connectivity index (χ1n) is 8.92. The second kappa shape index (κ2) is 7.49. The number of hydrogen-bond acceptors (Lipinski definition) is 4. The second-order valence-corrected chi connectivity index (χ2v) is 6.61. The summed E-state index contributed by atoms with van der Waals surface area (Å²) in [5, 5.41) is 6.88. The van der Waals surface area contributed by atoms with Crippen LogP contribution in [0.25, 0.3) is 5.65 Å². The lowest BCUT2D eigenvalue weighted by molar-refractivity contribution is 0.0944. The Labute approximate surface area is 159 Å². The number of rotatable bonds is 5. The molecule has 9 heteroatoms. The zero-order valence-electron chi connectivity index (χ0n) is 14.9. The number of nitrogens with one attached hydrogen (secondary N) is 1. The van der Waals surface area contributed by atoms with Crippen molar-refractivity contribution in [2.24, 2.45) is 0 Å². The molecule has 3 aromatic rings. The Morgan fingerprint density at radius 3 is 2.93 bits per heavy atom. The highest BCUT2D eigenvalue weighted by Gasteiger charge is 2.34. The van der Waals surface area contributed by atoms with Gasteiger partial charge in [0.15, 0.2) is 11.3 Å². The average Bonchev–Trinajstić information content (AvgIpc) is 3.29. The Balaban J connectivity index is 1.70. The molecule has 0 bridgehead atoms. The summed E-state index contributed by atoms with van der Waals surface area (Å²) >= 11 is 0. The molecule has 1 amide bonds. The molecule has 1 aromatic carbocycles. The normalized spacial score (nSPS) is 19.3. The van der Waals surface area contributed by atoms with Gasteiger partial charge in [0, 0.05) is 13.0 Å². The van der Waals surface area contributed by atoms with Crippen molar-refractivity contribution in [1.82, 2.24) is 19.9 Å². The van der Waals surface area contributed by atoms with Crippen LogP contribution in [0.3, 0.4) is 0 Å². The Morgan fingerprint density at radius 2 is 2.14 bits per heavy atom. The van der Waals surface area contributed by atoms with E-state index in [2.05, 4.69) is 15.4 Å². The van der Waals surface area contributed by atoms with E-state index in [1.165, 1.54) is 22.8 Å². The average molecular weight is 389 g/mol. The molecular formula is C19H18F3N5O. The minimum Gasteiger partial charge on any atom is -0.348 e. The summed E-state index contributed by atoms with van der Waals surface area (Å²) in [6, 6.07) is 9.06. The summed E-state index contributed by atoms with van der Waals surface area (Å²) in [5.74, 6) is -0.440. The third kappa shape index (κ3) is 3.39. The van der Waals surface area contributed by atoms with Crippen LogP contribution in [-0.4, -0.2) is 46.4 Å². The summed E-state index contributed by atoms with van der Waals surface area (Å²) in [5.41, 5.74) is 1.25. The van der Waals surface area contributed by atoms with Crippen LogP contribution in [0.2, 0.25) is 0 Å². The van der Waals surface area contributed by atoms with Crippen LogP contribution >= 0.6 is 0 Å². The molecule has 0 radical (unpaired) electrons. The SMILES string of the molecule is O=C(NCCF)c1cnc2ccc(N3C[C@@H](F)C[C@@H]3c3cccc(F)c3)nn12. The van der Waals surface area contributed by atoms with Gasteiger partial charge in [0.25, 0.3) is 5.91 Å². The maximum Gasteiger partial charge on any atom is 0.271 e. The standard InChI is InChI=1S/C19H18F3N5O/c20-6-7-23-19(28)16-10-24-17-4-5-18(25-27(16)17)26-11-14(22)9-15(26)12-2-1-3-13(21)8-12/h1-5,8,10,14-15H,6-7,9,11H2,(H,23,28)/t14-,15+/m0/s1. The number of amides is 1. The number of alkyl halides is 2. The van der Waals surface area contributed by atoms with E-state index in [0.717, 1.165) is 0 Å². The van der Waals surface area contributed by atoms with Crippen LogP contribution in [-0.2, 0) is 0 Å². The molecule has 1 N–H and O–H groups in total. The van der Waals surface area contributed by atoms with Gasteiger partial charge in [-0.3, -0.25) is 4.79 Å². The van der Waals surface area contributed by atoms with Gasteiger partial charge in [0.05, 0.1) is 18.8 Å². The highest BCUT2D eigenvalue weighted by atomic mass is 19.1. The monoisotopic (exact) mass is 389 g/mol. The van der Waals surface area contributed by atoms with E-state index in [0.29, 0.717) is 17.0 Å². The van der Waals surface area contributed by atoms with Gasteiger partial charge < -0.3 is 10.2 Å². The Bertz CT molecular complexity index is 1010. The van der Waals surface area contributed by atoms with Crippen LogP contribution in [0.1, 0.15) is 28.5 Å². The number of imidazole rings is 1. The molecule has 1 aliphatic rings. The first-order chi connectivity index (χ1) is 13.6. The summed E-state index contributed by atoms with van der Waals surface area (Å²) in [6.07, 6.45) is 0.490. The molecular weight excluding hydrogens is 371 g/mol. The fourth-order valence-corrected chi connectivity index (χ4v) is 3.49. The van der Waals surface area contributed by atoms with Gasteiger partial charge in [-0.2, -0.15) is 0 Å². The topological polar surface area (TPSA) is 62.5 Å². The number of aromatic nitrogens is 3. The zero-order chi connectivity index (χ0) is 19.7.